The van der Waals surface area contributed by atoms with Crippen LogP contribution >= 0.6 is 0 Å². The van der Waals surface area contributed by atoms with Crippen molar-refractivity contribution in [3.8, 4) is 11.1 Å². The lowest BCUT2D eigenvalue weighted by atomic mass is 10.0. The Balaban J connectivity index is 2.29. The van der Waals surface area contributed by atoms with E-state index in [0.29, 0.717) is 0 Å². The lowest BCUT2D eigenvalue weighted by Crippen LogP contribution is -2.09. The second kappa shape index (κ2) is 4.31. The monoisotopic (exact) mass is 252 g/mol. The summed E-state index contributed by atoms with van der Waals surface area (Å²) in [6.07, 6.45) is 0. The first kappa shape index (κ1) is 11.6. The maximum atomic E-state index is 5.99. The van der Waals surface area contributed by atoms with E-state index >= 15 is 0 Å². The van der Waals surface area contributed by atoms with Gasteiger partial charge in [-0.05, 0) is 17.7 Å². The van der Waals surface area contributed by atoms with Crippen LogP contribution < -0.4 is 10.6 Å². The average molecular weight is 252 g/mol. The zero-order valence-corrected chi connectivity index (χ0v) is 11.0. The van der Waals surface area contributed by atoms with Crippen molar-refractivity contribution in [1.29, 1.82) is 0 Å². The molecule has 0 aliphatic carbocycles. The molecule has 1 aromatic heterocycles. The number of aromatic amines is 1. The number of nitrogens with one attached hydrogen (secondary N) is 1. The second-order valence-electron chi connectivity index (χ2n) is 4.79. The molecule has 4 heteroatoms. The van der Waals surface area contributed by atoms with E-state index < -0.39 is 0 Å². The van der Waals surface area contributed by atoms with Gasteiger partial charge < -0.3 is 15.6 Å². The summed E-state index contributed by atoms with van der Waals surface area (Å²) in [7, 11) is 3.92. The minimum atomic E-state index is 0.736. The maximum Gasteiger partial charge on any atom is 0.203 e. The molecule has 0 aliphatic rings. The molecule has 0 aliphatic heterocycles. The Hall–Kier alpha value is -2.49. The van der Waals surface area contributed by atoms with Gasteiger partial charge in [0, 0.05) is 25.3 Å². The second-order valence-corrected chi connectivity index (χ2v) is 4.79. The number of benzene rings is 2. The Kier molecular flexibility index (Phi) is 2.63. The number of imidazole rings is 1. The number of aromatic nitrogens is 2. The Morgan fingerprint density at radius 2 is 1.84 bits per heavy atom. The van der Waals surface area contributed by atoms with Crippen molar-refractivity contribution in [2.24, 2.45) is 0 Å². The molecule has 3 rings (SSSR count). The minimum Gasteiger partial charge on any atom is -0.399 e. The van der Waals surface area contributed by atoms with Crippen molar-refractivity contribution < 1.29 is 0 Å². The molecule has 3 N–H and O–H groups in total. The summed E-state index contributed by atoms with van der Waals surface area (Å²) in [4.78, 5) is 9.87. The number of hydrogen-bond acceptors (Lipinski definition) is 3. The maximum absolute atomic E-state index is 5.99. The first-order valence-electron chi connectivity index (χ1n) is 6.17. The number of nitrogen functional groups attached to an aromatic ring is 1. The Labute approximate surface area is 111 Å². The molecule has 0 bridgehead atoms. The number of nitrogens with two attached hydrogens (primary N) is 1. The van der Waals surface area contributed by atoms with Gasteiger partial charge in [0.05, 0.1) is 11.0 Å². The highest BCUT2D eigenvalue weighted by molar-refractivity contribution is 5.95. The van der Waals surface area contributed by atoms with Crippen LogP contribution in [0.25, 0.3) is 22.2 Å². The van der Waals surface area contributed by atoms with Crippen LogP contribution in [0.15, 0.2) is 42.5 Å². The van der Waals surface area contributed by atoms with Gasteiger partial charge in [0.2, 0.25) is 5.95 Å². The average Bonchev–Trinajstić information content (AvgIpc) is 2.82. The fourth-order valence-corrected chi connectivity index (χ4v) is 2.18. The van der Waals surface area contributed by atoms with Crippen molar-refractivity contribution in [3.05, 3.63) is 42.5 Å². The molecule has 2 aromatic carbocycles. The number of nitrogens with zero attached hydrogens (tertiary/aromatic N) is 2. The van der Waals surface area contributed by atoms with Gasteiger partial charge >= 0.3 is 0 Å². The molecule has 4 nitrogen and oxygen atoms in total. The molecule has 1 heterocycles. The predicted molar refractivity (Wildman–Crippen MR) is 80.3 cm³/mol. The number of rotatable bonds is 2. The first-order valence-corrected chi connectivity index (χ1v) is 6.17. The third-order valence-corrected chi connectivity index (χ3v) is 3.10. The van der Waals surface area contributed by atoms with E-state index in [1.54, 1.807) is 0 Å². The molecule has 0 unspecified atom stereocenters. The molecule has 19 heavy (non-hydrogen) atoms. The summed E-state index contributed by atoms with van der Waals surface area (Å²) in [6, 6.07) is 14.1. The van der Waals surface area contributed by atoms with E-state index in [2.05, 4.69) is 22.1 Å². The smallest absolute Gasteiger partial charge is 0.203 e. The lowest BCUT2D eigenvalue weighted by Gasteiger charge is -2.05. The Morgan fingerprint density at radius 3 is 2.53 bits per heavy atom. The van der Waals surface area contributed by atoms with Crippen LogP contribution in [0.1, 0.15) is 0 Å². The molecule has 0 amide bonds. The van der Waals surface area contributed by atoms with Crippen molar-refractivity contribution >= 4 is 22.7 Å². The quantitative estimate of drug-likeness (QED) is 0.689. The van der Waals surface area contributed by atoms with E-state index in [4.69, 9.17) is 5.73 Å². The zero-order valence-electron chi connectivity index (χ0n) is 11.0. The van der Waals surface area contributed by atoms with Crippen LogP contribution in [-0.4, -0.2) is 24.1 Å². The van der Waals surface area contributed by atoms with E-state index in [1.807, 2.05) is 49.3 Å². The van der Waals surface area contributed by atoms with Crippen molar-refractivity contribution in [2.45, 2.75) is 0 Å². The first-order chi connectivity index (χ1) is 9.15. The van der Waals surface area contributed by atoms with Gasteiger partial charge in [0.1, 0.15) is 0 Å². The van der Waals surface area contributed by atoms with Crippen molar-refractivity contribution in [1.82, 2.24) is 9.97 Å². The number of hydrogen-bond donors (Lipinski definition) is 2. The minimum absolute atomic E-state index is 0.736. The molecule has 0 saturated heterocycles. The van der Waals surface area contributed by atoms with E-state index in [0.717, 1.165) is 33.8 Å². The molecule has 0 atom stereocenters. The highest BCUT2D eigenvalue weighted by Gasteiger charge is 2.11. The van der Waals surface area contributed by atoms with Crippen LogP contribution in [0.4, 0.5) is 11.6 Å². The molecule has 0 radical (unpaired) electrons. The van der Waals surface area contributed by atoms with Crippen LogP contribution in [0.5, 0.6) is 0 Å². The number of H-pyrrole nitrogens is 1. The molecule has 0 saturated carbocycles. The highest BCUT2D eigenvalue weighted by atomic mass is 15.2. The van der Waals surface area contributed by atoms with Crippen molar-refractivity contribution in [3.63, 3.8) is 0 Å². The van der Waals surface area contributed by atoms with Gasteiger partial charge in [-0.1, -0.05) is 30.3 Å². The SMILES string of the molecule is CN(C)c1nc2c(-c3ccccc3)cc(N)cc2[nH]1. The van der Waals surface area contributed by atoms with Crippen LogP contribution in [-0.2, 0) is 0 Å². The van der Waals surface area contributed by atoms with Gasteiger partial charge in [0.15, 0.2) is 0 Å². The molecule has 0 fully saturated rings. The molecular weight excluding hydrogens is 236 g/mol. The summed E-state index contributed by atoms with van der Waals surface area (Å²) >= 11 is 0. The van der Waals surface area contributed by atoms with E-state index in [9.17, 15) is 0 Å². The summed E-state index contributed by atoms with van der Waals surface area (Å²) in [5.41, 5.74) is 10.8. The fraction of sp³-hybridized carbons (Fsp3) is 0.133. The van der Waals surface area contributed by atoms with Crippen LogP contribution in [0.2, 0.25) is 0 Å². The van der Waals surface area contributed by atoms with Gasteiger partial charge in [-0.2, -0.15) is 0 Å². The molecule has 3 aromatic rings. The third kappa shape index (κ3) is 2.01. The highest BCUT2D eigenvalue weighted by Crippen LogP contribution is 2.30. The summed E-state index contributed by atoms with van der Waals surface area (Å²) in [6.45, 7) is 0. The normalized spacial score (nSPS) is 10.8. The van der Waals surface area contributed by atoms with Gasteiger partial charge in [0.25, 0.3) is 0 Å². The third-order valence-electron chi connectivity index (χ3n) is 3.10. The number of fused-ring (bicyclic) bond motifs is 1. The Bertz CT molecular complexity index is 714. The zero-order chi connectivity index (χ0) is 13.4. The summed E-state index contributed by atoms with van der Waals surface area (Å²) in [5, 5.41) is 0. The fourth-order valence-electron chi connectivity index (χ4n) is 2.18. The van der Waals surface area contributed by atoms with Crippen LogP contribution in [0, 0.1) is 0 Å². The van der Waals surface area contributed by atoms with Gasteiger partial charge in [-0.15, -0.1) is 0 Å². The van der Waals surface area contributed by atoms with Crippen LogP contribution in [0.3, 0.4) is 0 Å². The largest absolute Gasteiger partial charge is 0.399 e. The molecular formula is C15H16N4. The predicted octanol–water partition coefficient (Wildman–Crippen LogP) is 2.88. The summed E-state index contributed by atoms with van der Waals surface area (Å²) in [5.74, 6) is 0.831. The van der Waals surface area contributed by atoms with E-state index in [-0.39, 0.29) is 0 Å². The molecule has 0 spiro atoms. The van der Waals surface area contributed by atoms with Gasteiger partial charge in [-0.25, -0.2) is 4.98 Å². The van der Waals surface area contributed by atoms with Gasteiger partial charge in [-0.3, -0.25) is 0 Å². The summed E-state index contributed by atoms with van der Waals surface area (Å²) < 4.78 is 0. The Morgan fingerprint density at radius 1 is 1.11 bits per heavy atom. The topological polar surface area (TPSA) is 57.9 Å². The van der Waals surface area contributed by atoms with E-state index in [1.165, 1.54) is 0 Å². The lowest BCUT2D eigenvalue weighted by molar-refractivity contribution is 1.05. The standard InChI is InChI=1S/C15H16N4/c1-19(2)15-17-13-9-11(16)8-12(14(13)18-15)10-6-4-3-5-7-10/h3-9H,16H2,1-2H3,(H,17,18). The van der Waals surface area contributed by atoms with Crippen molar-refractivity contribution in [2.75, 3.05) is 24.7 Å². The number of anilines is 2. The molecule has 96 valence electrons.